The Balaban J connectivity index is 1.95. The van der Waals surface area contributed by atoms with Crippen LogP contribution in [0.5, 0.6) is 0 Å². The van der Waals surface area contributed by atoms with Crippen molar-refractivity contribution in [3.63, 3.8) is 0 Å². The average molecular weight is 242 g/mol. The molecule has 0 atom stereocenters. The Morgan fingerprint density at radius 1 is 0.833 bits per heavy atom. The van der Waals surface area contributed by atoms with Gasteiger partial charge >= 0.3 is 0 Å². The van der Waals surface area contributed by atoms with Gasteiger partial charge in [0.1, 0.15) is 11.5 Å². The fourth-order valence-corrected chi connectivity index (χ4v) is 1.25. The summed E-state index contributed by atoms with van der Waals surface area (Å²) in [6.07, 6.45) is 8.22. The van der Waals surface area contributed by atoms with Crippen molar-refractivity contribution in [2.45, 2.75) is 0 Å². The average Bonchev–Trinajstić information content (AvgIpc) is 3.05. The largest absolute Gasteiger partial charge is 0.465 e. The number of furan rings is 2. The minimum atomic E-state index is -0.616. The quantitative estimate of drug-likeness (QED) is 0.597. The molecule has 4 nitrogen and oxygen atoms in total. The van der Waals surface area contributed by atoms with E-state index in [-0.39, 0.29) is 0 Å². The molecule has 0 saturated heterocycles. The van der Waals surface area contributed by atoms with Gasteiger partial charge in [-0.1, -0.05) is 0 Å². The molecule has 0 unspecified atom stereocenters. The molecular formula is C14H10O4. The summed E-state index contributed by atoms with van der Waals surface area (Å²) in [6.45, 7) is 0. The lowest BCUT2D eigenvalue weighted by Crippen LogP contribution is -2.06. The van der Waals surface area contributed by atoms with Gasteiger partial charge in [-0.15, -0.1) is 0 Å². The van der Waals surface area contributed by atoms with Gasteiger partial charge in [0.05, 0.1) is 12.5 Å². The lowest BCUT2D eigenvalue weighted by molar-refractivity contribution is -0.130. The Morgan fingerprint density at radius 3 is 1.61 bits per heavy atom. The molecular weight excluding hydrogens is 232 g/mol. The number of carbonyl (C=O) groups excluding carboxylic acids is 2. The summed E-state index contributed by atoms with van der Waals surface area (Å²) in [5.41, 5.74) is 0. The smallest absolute Gasteiger partial charge is 0.225 e. The fraction of sp³-hybridized carbons (Fsp3) is 0. The van der Waals surface area contributed by atoms with Gasteiger partial charge in [0.25, 0.3) is 0 Å². The van der Waals surface area contributed by atoms with Crippen molar-refractivity contribution in [2.75, 3.05) is 0 Å². The normalized spacial score (nSPS) is 11.3. The van der Waals surface area contributed by atoms with E-state index < -0.39 is 11.6 Å². The topological polar surface area (TPSA) is 60.4 Å². The van der Waals surface area contributed by atoms with Crippen LogP contribution in [-0.2, 0) is 9.59 Å². The Hall–Kier alpha value is -2.62. The standard InChI is InChI=1S/C14H10O4/c15-13(7-5-11-3-1-9-17-11)14(16)8-6-12-4-2-10-18-12/h1-10H. The van der Waals surface area contributed by atoms with Crippen molar-refractivity contribution < 1.29 is 18.4 Å². The van der Waals surface area contributed by atoms with E-state index in [0.29, 0.717) is 11.5 Å². The van der Waals surface area contributed by atoms with Crippen molar-refractivity contribution in [3.05, 3.63) is 60.5 Å². The summed E-state index contributed by atoms with van der Waals surface area (Å²) < 4.78 is 10.00. The number of hydrogen-bond acceptors (Lipinski definition) is 4. The molecule has 2 rings (SSSR count). The minimum absolute atomic E-state index is 0.520. The van der Waals surface area contributed by atoms with E-state index in [1.54, 1.807) is 24.3 Å². The molecule has 0 fully saturated rings. The molecule has 0 radical (unpaired) electrons. The van der Waals surface area contributed by atoms with Gasteiger partial charge in [-0.2, -0.15) is 0 Å². The van der Waals surface area contributed by atoms with Gasteiger partial charge in [-0.25, -0.2) is 0 Å². The van der Waals surface area contributed by atoms with E-state index in [1.165, 1.54) is 36.8 Å². The third-order valence-corrected chi connectivity index (χ3v) is 2.13. The molecule has 2 aromatic heterocycles. The molecule has 4 heteroatoms. The first-order chi connectivity index (χ1) is 8.75. The van der Waals surface area contributed by atoms with Crippen molar-refractivity contribution in [2.24, 2.45) is 0 Å². The molecule has 0 amide bonds. The van der Waals surface area contributed by atoms with Crippen LogP contribution in [0, 0.1) is 0 Å². The van der Waals surface area contributed by atoms with Gasteiger partial charge < -0.3 is 8.83 Å². The highest BCUT2D eigenvalue weighted by molar-refractivity contribution is 6.46. The summed E-state index contributed by atoms with van der Waals surface area (Å²) >= 11 is 0. The van der Waals surface area contributed by atoms with E-state index in [4.69, 9.17) is 8.83 Å². The molecule has 90 valence electrons. The third kappa shape index (κ3) is 3.18. The second-order valence-corrected chi connectivity index (χ2v) is 3.43. The summed E-state index contributed by atoms with van der Waals surface area (Å²) in [5, 5.41) is 0. The first-order valence-corrected chi connectivity index (χ1v) is 5.27. The van der Waals surface area contributed by atoms with Crippen LogP contribution in [0.25, 0.3) is 12.2 Å². The maximum Gasteiger partial charge on any atom is 0.225 e. The molecule has 18 heavy (non-hydrogen) atoms. The maximum absolute atomic E-state index is 11.4. The number of rotatable bonds is 5. The predicted octanol–water partition coefficient (Wildman–Crippen LogP) is 2.74. The van der Waals surface area contributed by atoms with E-state index in [0.717, 1.165) is 0 Å². The van der Waals surface area contributed by atoms with Gasteiger partial charge in [-0.3, -0.25) is 9.59 Å². The molecule has 2 aromatic rings. The highest BCUT2D eigenvalue weighted by atomic mass is 16.3. The van der Waals surface area contributed by atoms with Gasteiger partial charge in [-0.05, 0) is 48.6 Å². The maximum atomic E-state index is 11.4. The summed E-state index contributed by atoms with van der Waals surface area (Å²) in [4.78, 5) is 22.9. The molecule has 0 spiro atoms. The zero-order valence-corrected chi connectivity index (χ0v) is 9.41. The van der Waals surface area contributed by atoms with Crippen LogP contribution in [0.2, 0.25) is 0 Å². The van der Waals surface area contributed by atoms with E-state index >= 15 is 0 Å². The molecule has 2 heterocycles. The number of hydrogen-bond donors (Lipinski definition) is 0. The summed E-state index contributed by atoms with van der Waals surface area (Å²) in [7, 11) is 0. The zero-order chi connectivity index (χ0) is 12.8. The predicted molar refractivity (Wildman–Crippen MR) is 65.5 cm³/mol. The molecule has 0 saturated carbocycles. The van der Waals surface area contributed by atoms with Crippen LogP contribution in [0.1, 0.15) is 11.5 Å². The third-order valence-electron chi connectivity index (χ3n) is 2.13. The lowest BCUT2D eigenvalue weighted by atomic mass is 10.2. The molecule has 0 bridgehead atoms. The molecule has 0 aromatic carbocycles. The van der Waals surface area contributed by atoms with Gasteiger partial charge in [0.15, 0.2) is 0 Å². The van der Waals surface area contributed by atoms with E-state index in [1.807, 2.05) is 0 Å². The Morgan fingerprint density at radius 2 is 1.28 bits per heavy atom. The van der Waals surface area contributed by atoms with Crippen molar-refractivity contribution >= 4 is 23.7 Å². The SMILES string of the molecule is O=C(C=Cc1ccco1)C(=O)C=Cc1ccco1. The summed E-state index contributed by atoms with van der Waals surface area (Å²) in [6, 6.07) is 6.77. The van der Waals surface area contributed by atoms with E-state index in [2.05, 4.69) is 0 Å². The lowest BCUT2D eigenvalue weighted by Gasteiger charge is -1.87. The van der Waals surface area contributed by atoms with Crippen LogP contribution in [0.3, 0.4) is 0 Å². The van der Waals surface area contributed by atoms with Crippen molar-refractivity contribution in [3.8, 4) is 0 Å². The van der Waals surface area contributed by atoms with Crippen LogP contribution < -0.4 is 0 Å². The van der Waals surface area contributed by atoms with Crippen molar-refractivity contribution in [1.82, 2.24) is 0 Å². The number of ketones is 2. The van der Waals surface area contributed by atoms with Crippen LogP contribution >= 0.6 is 0 Å². The molecule has 0 aliphatic heterocycles. The highest BCUT2D eigenvalue weighted by Gasteiger charge is 2.06. The molecule has 0 N–H and O–H groups in total. The zero-order valence-electron chi connectivity index (χ0n) is 9.41. The van der Waals surface area contributed by atoms with Gasteiger partial charge in [0.2, 0.25) is 11.6 Å². The summed E-state index contributed by atoms with van der Waals surface area (Å²) in [5.74, 6) is -0.194. The fourth-order valence-electron chi connectivity index (χ4n) is 1.25. The molecule has 0 aliphatic carbocycles. The number of allylic oxidation sites excluding steroid dienone is 2. The first kappa shape index (κ1) is 11.9. The Bertz CT molecular complexity index is 517. The Kier molecular flexibility index (Phi) is 3.71. The highest BCUT2D eigenvalue weighted by Crippen LogP contribution is 2.04. The van der Waals surface area contributed by atoms with Crippen LogP contribution in [-0.4, -0.2) is 11.6 Å². The number of carbonyl (C=O) groups is 2. The van der Waals surface area contributed by atoms with Crippen LogP contribution in [0.15, 0.2) is 57.8 Å². The second-order valence-electron chi connectivity index (χ2n) is 3.43. The van der Waals surface area contributed by atoms with E-state index in [9.17, 15) is 9.59 Å². The van der Waals surface area contributed by atoms with Crippen LogP contribution in [0.4, 0.5) is 0 Å². The second kappa shape index (κ2) is 5.63. The van der Waals surface area contributed by atoms with Crippen molar-refractivity contribution in [1.29, 1.82) is 0 Å². The van der Waals surface area contributed by atoms with Gasteiger partial charge in [0, 0.05) is 0 Å². The Labute approximate surface area is 103 Å². The monoisotopic (exact) mass is 242 g/mol. The molecule has 0 aliphatic rings. The minimum Gasteiger partial charge on any atom is -0.465 e. The first-order valence-electron chi connectivity index (χ1n) is 5.27.